The topological polar surface area (TPSA) is 148 Å². The molecule has 0 amide bonds. The Morgan fingerprint density at radius 3 is 2.41 bits per heavy atom. The minimum Gasteiger partial charge on any atom is -0.484 e. The highest BCUT2D eigenvalue weighted by Crippen LogP contribution is 2.40. The van der Waals surface area contributed by atoms with Crippen LogP contribution < -0.4 is 20.5 Å². The molecular weight excluding hydrogens is 722 g/mol. The fraction of sp³-hybridized carbons (Fsp3) is 0.432. The number of sulfonamides is 1. The lowest BCUT2D eigenvalue weighted by Gasteiger charge is -2.33. The highest BCUT2D eigenvalue weighted by atomic mass is 32.2. The minimum atomic E-state index is -5.02. The number of ether oxygens (including phenoxy) is 1. The summed E-state index contributed by atoms with van der Waals surface area (Å²) in [5.74, 6) is -3.93. The van der Waals surface area contributed by atoms with Gasteiger partial charge in [-0.25, -0.2) is 17.8 Å². The molecule has 2 aromatic carbocycles. The monoisotopic (exact) mass is 766 g/mol. The Balaban J connectivity index is 1.13. The van der Waals surface area contributed by atoms with Gasteiger partial charge in [0, 0.05) is 75.4 Å². The third-order valence-electron chi connectivity index (χ3n) is 10.3. The van der Waals surface area contributed by atoms with Crippen LogP contribution in [-0.2, 0) is 17.1 Å². The van der Waals surface area contributed by atoms with E-state index in [0.717, 1.165) is 76.3 Å². The summed E-state index contributed by atoms with van der Waals surface area (Å²) in [7, 11) is -3.24. The number of aromatic nitrogens is 5. The van der Waals surface area contributed by atoms with E-state index in [1.54, 1.807) is 30.9 Å². The van der Waals surface area contributed by atoms with Crippen molar-refractivity contribution in [3.05, 3.63) is 72.4 Å². The van der Waals surface area contributed by atoms with Gasteiger partial charge in [0.1, 0.15) is 29.2 Å². The van der Waals surface area contributed by atoms with Gasteiger partial charge in [0.25, 0.3) is 10.0 Å². The summed E-state index contributed by atoms with van der Waals surface area (Å²) in [4.78, 5) is 9.60. The van der Waals surface area contributed by atoms with Crippen molar-refractivity contribution in [1.29, 1.82) is 0 Å². The van der Waals surface area contributed by atoms with E-state index in [1.165, 1.54) is 42.8 Å². The summed E-state index contributed by atoms with van der Waals surface area (Å²) in [6, 6.07) is 10.2. The normalized spacial score (nSPS) is 17.0. The number of halogens is 3. The summed E-state index contributed by atoms with van der Waals surface area (Å²) in [6.45, 7) is 10.4. The fourth-order valence-electron chi connectivity index (χ4n) is 7.33. The van der Waals surface area contributed by atoms with Gasteiger partial charge in [0.2, 0.25) is 0 Å². The molecule has 54 heavy (non-hydrogen) atoms. The molecule has 2 aliphatic heterocycles. The Morgan fingerprint density at radius 1 is 1.00 bits per heavy atom. The number of nitrogen functional groups attached to an aromatic ring is 1. The third kappa shape index (κ3) is 8.18. The number of benzene rings is 2. The molecule has 1 atom stereocenters. The molecule has 0 aliphatic carbocycles. The van der Waals surface area contributed by atoms with E-state index in [9.17, 15) is 21.6 Å². The zero-order chi connectivity index (χ0) is 38.0. The van der Waals surface area contributed by atoms with Crippen LogP contribution in [0, 0.1) is 5.82 Å². The molecule has 0 saturated carbocycles. The maximum atomic E-state index is 13.6. The van der Waals surface area contributed by atoms with Crippen LogP contribution in [0.2, 0.25) is 0 Å². The van der Waals surface area contributed by atoms with Crippen LogP contribution >= 0.6 is 0 Å². The number of likely N-dealkylation sites (tertiary alicyclic amines) is 1. The third-order valence-corrected chi connectivity index (χ3v) is 11.3. The molecule has 0 bridgehead atoms. The Labute approximate surface area is 312 Å². The molecule has 288 valence electrons. The zero-order valence-corrected chi connectivity index (χ0v) is 31.1. The predicted octanol–water partition coefficient (Wildman–Crippen LogP) is 5.26. The molecule has 13 nitrogen and oxygen atoms in total. The Kier molecular flexibility index (Phi) is 11.1. The number of nitrogens with zero attached hydrogens (tertiary/aromatic N) is 7. The van der Waals surface area contributed by atoms with Crippen molar-refractivity contribution < 1.29 is 26.3 Å². The Hall–Kier alpha value is -4.71. The van der Waals surface area contributed by atoms with Crippen molar-refractivity contribution >= 4 is 32.4 Å². The second-order valence-corrected chi connectivity index (χ2v) is 15.6. The molecule has 7 rings (SSSR count). The number of nitrogens with one attached hydrogen (secondary N) is 2. The maximum absolute atomic E-state index is 13.6. The SMILES string of the molecule is C[C@H](Oc1cc(-c2nn(C)c3c(-c4cnn(C5CCN(CCCN6CCNCC6)CC5)c4)cnc(N)c23)ccc1NS(=O)(=O)C(F)F)c1ccc(F)cc1. The number of aryl methyl sites for hydroxylation is 1. The molecule has 0 spiro atoms. The largest absolute Gasteiger partial charge is 0.484 e. The van der Waals surface area contributed by atoms with Crippen LogP contribution in [-0.4, -0.2) is 101 Å². The molecule has 2 saturated heterocycles. The van der Waals surface area contributed by atoms with Crippen molar-refractivity contribution in [2.45, 2.75) is 44.1 Å². The molecule has 2 fully saturated rings. The second-order valence-electron chi connectivity index (χ2n) is 13.9. The average Bonchev–Trinajstić information content (AvgIpc) is 3.79. The first-order valence-electron chi connectivity index (χ1n) is 18.1. The van der Waals surface area contributed by atoms with Gasteiger partial charge in [-0.2, -0.15) is 19.0 Å². The number of pyridine rings is 1. The van der Waals surface area contributed by atoms with Crippen molar-refractivity contribution in [3.63, 3.8) is 0 Å². The van der Waals surface area contributed by atoms with Gasteiger partial charge in [-0.1, -0.05) is 18.2 Å². The van der Waals surface area contributed by atoms with E-state index in [1.807, 2.05) is 21.8 Å². The molecule has 2 aliphatic rings. The lowest BCUT2D eigenvalue weighted by atomic mass is 10.0. The highest BCUT2D eigenvalue weighted by Gasteiger charge is 2.28. The first kappa shape index (κ1) is 37.6. The summed E-state index contributed by atoms with van der Waals surface area (Å²) < 4.78 is 76.5. The molecule has 5 heterocycles. The van der Waals surface area contributed by atoms with Crippen molar-refractivity contribution in [1.82, 2.24) is 39.7 Å². The Morgan fingerprint density at radius 2 is 1.70 bits per heavy atom. The summed E-state index contributed by atoms with van der Waals surface area (Å²) in [5, 5.41) is 13.5. The van der Waals surface area contributed by atoms with Gasteiger partial charge < -0.3 is 25.6 Å². The molecule has 4 N–H and O–H groups in total. The average molecular weight is 767 g/mol. The van der Waals surface area contributed by atoms with Gasteiger partial charge >= 0.3 is 5.76 Å². The van der Waals surface area contributed by atoms with Gasteiger partial charge in [0.15, 0.2) is 0 Å². The highest BCUT2D eigenvalue weighted by molar-refractivity contribution is 7.93. The number of anilines is 2. The molecule has 5 aromatic rings. The van der Waals surface area contributed by atoms with Crippen LogP contribution in [0.3, 0.4) is 0 Å². The first-order chi connectivity index (χ1) is 26.0. The molecule has 0 radical (unpaired) electrons. The lowest BCUT2D eigenvalue weighted by molar-refractivity contribution is 0.164. The smallest absolute Gasteiger partial charge is 0.355 e. The molecule has 17 heteroatoms. The van der Waals surface area contributed by atoms with E-state index in [-0.39, 0.29) is 23.3 Å². The van der Waals surface area contributed by atoms with Gasteiger partial charge in [-0.05, 0) is 69.1 Å². The number of nitrogens with two attached hydrogens (primary N) is 1. The fourth-order valence-corrected chi connectivity index (χ4v) is 7.89. The van der Waals surface area contributed by atoms with Gasteiger partial charge in [-0.15, -0.1) is 0 Å². The number of piperidine rings is 1. The molecule has 3 aromatic heterocycles. The van der Waals surface area contributed by atoms with Crippen LogP contribution in [0.4, 0.5) is 24.7 Å². The maximum Gasteiger partial charge on any atom is 0.355 e. The van der Waals surface area contributed by atoms with E-state index < -0.39 is 27.7 Å². The van der Waals surface area contributed by atoms with Crippen molar-refractivity contribution in [3.8, 4) is 28.1 Å². The van der Waals surface area contributed by atoms with Crippen LogP contribution in [0.15, 0.2) is 61.1 Å². The van der Waals surface area contributed by atoms with Crippen molar-refractivity contribution in [2.24, 2.45) is 7.05 Å². The number of rotatable bonds is 13. The molecule has 0 unspecified atom stereocenters. The standard InChI is InChI=1S/C37H45F3N10O3S/c1-24(25-4-7-28(38)8-5-25)53-32-20-26(6-9-31(32)46-54(51,52)37(39)40)34-33-35(47(2)45-34)30(22-43-36(33)41)27-21-44-50(23-27)29-10-16-48(17-11-29)14-3-15-49-18-12-42-13-19-49/h4-9,20-24,29,37,42,46H,3,10-19H2,1-2H3,(H2,41,43)/t24-/m0/s1. The van der Waals surface area contributed by atoms with Crippen LogP contribution in [0.1, 0.15) is 43.9 Å². The van der Waals surface area contributed by atoms with Gasteiger partial charge in [0.05, 0.1) is 28.8 Å². The minimum absolute atomic E-state index is 0.0399. The quantitative estimate of drug-likeness (QED) is 0.145. The second kappa shape index (κ2) is 15.9. The van der Waals surface area contributed by atoms with E-state index >= 15 is 0 Å². The zero-order valence-electron chi connectivity index (χ0n) is 30.3. The Bertz CT molecular complexity index is 2180. The molecular formula is C37H45F3N10O3S. The van der Waals surface area contributed by atoms with E-state index in [4.69, 9.17) is 20.7 Å². The summed E-state index contributed by atoms with van der Waals surface area (Å²) >= 11 is 0. The van der Waals surface area contributed by atoms with Gasteiger partial charge in [-0.3, -0.25) is 14.1 Å². The number of alkyl halides is 2. The number of hydrogen-bond donors (Lipinski definition) is 3. The van der Waals surface area contributed by atoms with Crippen LogP contribution in [0.25, 0.3) is 33.3 Å². The number of fused-ring (bicyclic) bond motifs is 1. The summed E-state index contributed by atoms with van der Waals surface area (Å²) in [6.07, 6.45) is 8.05. The number of piperazine rings is 1. The van der Waals surface area contributed by atoms with E-state index in [0.29, 0.717) is 27.7 Å². The first-order valence-corrected chi connectivity index (χ1v) is 19.7. The van der Waals surface area contributed by atoms with Crippen LogP contribution in [0.5, 0.6) is 5.75 Å². The van der Waals surface area contributed by atoms with Crippen molar-refractivity contribution in [2.75, 3.05) is 62.8 Å². The van der Waals surface area contributed by atoms with E-state index in [2.05, 4.69) is 20.1 Å². The number of hydrogen-bond acceptors (Lipinski definition) is 10. The summed E-state index contributed by atoms with van der Waals surface area (Å²) in [5.41, 5.74) is 10.1. The lowest BCUT2D eigenvalue weighted by Crippen LogP contribution is -2.44. The predicted molar refractivity (Wildman–Crippen MR) is 202 cm³/mol.